The summed E-state index contributed by atoms with van der Waals surface area (Å²) in [5.41, 5.74) is 2.05. The smallest absolute Gasteiger partial charge is 0.243 e. The van der Waals surface area contributed by atoms with E-state index in [-0.39, 0.29) is 0 Å². The Kier molecular flexibility index (Phi) is 5.78. The highest BCUT2D eigenvalue weighted by molar-refractivity contribution is 7.89. The van der Waals surface area contributed by atoms with Gasteiger partial charge in [-0.05, 0) is 38.2 Å². The molecule has 7 heteroatoms. The second-order valence-corrected chi connectivity index (χ2v) is 8.14. The van der Waals surface area contributed by atoms with Gasteiger partial charge in [0.05, 0.1) is 4.90 Å². The summed E-state index contributed by atoms with van der Waals surface area (Å²) in [5.74, 6) is 0. The first kappa shape index (κ1) is 17.9. The van der Waals surface area contributed by atoms with E-state index in [0.29, 0.717) is 42.7 Å². The molecular formula is C16H23N3O2S2. The predicted octanol–water partition coefficient (Wildman–Crippen LogP) is 1.75. The zero-order valence-corrected chi connectivity index (χ0v) is 15.2. The van der Waals surface area contributed by atoms with Gasteiger partial charge in [0, 0.05) is 32.7 Å². The minimum absolute atomic E-state index is 0.347. The number of benzene rings is 1. The zero-order valence-electron chi connectivity index (χ0n) is 13.6. The molecule has 1 aromatic rings. The molecule has 0 amide bonds. The fraction of sp³-hybridized carbons (Fsp3) is 0.438. The molecule has 1 saturated heterocycles. The van der Waals surface area contributed by atoms with E-state index in [1.54, 1.807) is 12.1 Å². The van der Waals surface area contributed by atoms with Gasteiger partial charge in [-0.15, -0.1) is 0 Å². The Hall–Kier alpha value is -1.44. The highest BCUT2D eigenvalue weighted by Crippen LogP contribution is 2.18. The monoisotopic (exact) mass is 353 g/mol. The van der Waals surface area contributed by atoms with Crippen molar-refractivity contribution >= 4 is 27.4 Å². The second-order valence-electron chi connectivity index (χ2n) is 5.82. The summed E-state index contributed by atoms with van der Waals surface area (Å²) in [6.07, 6.45) is 0. The molecule has 1 aliphatic rings. The zero-order chi connectivity index (χ0) is 17.0. The molecule has 2 rings (SSSR count). The topological polar surface area (TPSA) is 52.6 Å². The molecule has 0 spiro atoms. The van der Waals surface area contributed by atoms with Crippen LogP contribution in [-0.2, 0) is 10.0 Å². The van der Waals surface area contributed by atoms with Crippen LogP contribution in [0.5, 0.6) is 0 Å². The minimum atomic E-state index is -3.42. The Morgan fingerprint density at radius 1 is 1.22 bits per heavy atom. The first-order chi connectivity index (χ1) is 10.8. The SMILES string of the molecule is C=C(C)CNC(=S)N1CCN(S(=O)(=O)c2ccc(C)cc2)CC1. The summed E-state index contributed by atoms with van der Waals surface area (Å²) in [6, 6.07) is 6.96. The minimum Gasteiger partial charge on any atom is -0.359 e. The van der Waals surface area contributed by atoms with Crippen molar-refractivity contribution in [3.63, 3.8) is 0 Å². The van der Waals surface area contributed by atoms with Crippen molar-refractivity contribution in [3.8, 4) is 0 Å². The normalized spacial score (nSPS) is 16.2. The number of rotatable bonds is 4. The first-order valence-corrected chi connectivity index (χ1v) is 9.39. The molecule has 1 fully saturated rings. The maximum atomic E-state index is 12.6. The molecule has 126 valence electrons. The lowest BCUT2D eigenvalue weighted by Gasteiger charge is -2.35. The van der Waals surface area contributed by atoms with Gasteiger partial charge in [-0.25, -0.2) is 8.42 Å². The highest BCUT2D eigenvalue weighted by atomic mass is 32.2. The third-order valence-corrected chi connectivity index (χ3v) is 6.04. The summed E-state index contributed by atoms with van der Waals surface area (Å²) in [7, 11) is -3.42. The van der Waals surface area contributed by atoms with Crippen molar-refractivity contribution in [1.29, 1.82) is 0 Å². The molecule has 0 unspecified atom stereocenters. The number of nitrogens with zero attached hydrogens (tertiary/aromatic N) is 2. The van der Waals surface area contributed by atoms with Crippen LogP contribution in [0.15, 0.2) is 41.3 Å². The second kappa shape index (κ2) is 7.42. The van der Waals surface area contributed by atoms with Gasteiger partial charge >= 0.3 is 0 Å². The van der Waals surface area contributed by atoms with Crippen LogP contribution in [-0.4, -0.2) is 55.5 Å². The van der Waals surface area contributed by atoms with E-state index in [1.165, 1.54) is 4.31 Å². The van der Waals surface area contributed by atoms with Crippen molar-refractivity contribution < 1.29 is 8.42 Å². The van der Waals surface area contributed by atoms with Crippen molar-refractivity contribution in [2.45, 2.75) is 18.7 Å². The van der Waals surface area contributed by atoms with Gasteiger partial charge in [-0.1, -0.05) is 29.8 Å². The van der Waals surface area contributed by atoms with E-state index >= 15 is 0 Å². The maximum absolute atomic E-state index is 12.6. The van der Waals surface area contributed by atoms with Crippen LogP contribution in [0.3, 0.4) is 0 Å². The van der Waals surface area contributed by atoms with Gasteiger partial charge < -0.3 is 10.2 Å². The average molecular weight is 354 g/mol. The number of hydrogen-bond donors (Lipinski definition) is 1. The number of sulfonamides is 1. The van der Waals surface area contributed by atoms with Gasteiger partial charge in [0.1, 0.15) is 0 Å². The van der Waals surface area contributed by atoms with E-state index in [4.69, 9.17) is 12.2 Å². The molecule has 1 aromatic carbocycles. The largest absolute Gasteiger partial charge is 0.359 e. The van der Waals surface area contributed by atoms with Gasteiger partial charge in [0.25, 0.3) is 0 Å². The summed E-state index contributed by atoms with van der Waals surface area (Å²) >= 11 is 5.34. The van der Waals surface area contributed by atoms with Gasteiger partial charge in [-0.2, -0.15) is 4.31 Å². The average Bonchev–Trinajstić information content (AvgIpc) is 2.53. The van der Waals surface area contributed by atoms with Crippen molar-refractivity contribution in [2.75, 3.05) is 32.7 Å². The van der Waals surface area contributed by atoms with Crippen LogP contribution in [0.25, 0.3) is 0 Å². The molecule has 0 bridgehead atoms. The third kappa shape index (κ3) is 4.53. The number of hydrogen-bond acceptors (Lipinski definition) is 3. The highest BCUT2D eigenvalue weighted by Gasteiger charge is 2.29. The van der Waals surface area contributed by atoms with Crippen LogP contribution in [0, 0.1) is 6.92 Å². The summed E-state index contributed by atoms with van der Waals surface area (Å²) in [5, 5.41) is 3.79. The van der Waals surface area contributed by atoms with Crippen molar-refractivity contribution in [3.05, 3.63) is 42.0 Å². The fourth-order valence-corrected chi connectivity index (χ4v) is 4.01. The third-order valence-electron chi connectivity index (χ3n) is 3.73. The Morgan fingerprint density at radius 2 is 1.78 bits per heavy atom. The molecule has 1 heterocycles. The van der Waals surface area contributed by atoms with E-state index < -0.39 is 10.0 Å². The standard InChI is InChI=1S/C16H23N3O2S2/c1-13(2)12-17-16(22)18-8-10-19(11-9-18)23(20,21)15-6-4-14(3)5-7-15/h4-7H,1,8-12H2,2-3H3,(H,17,22). The molecule has 23 heavy (non-hydrogen) atoms. The van der Waals surface area contributed by atoms with E-state index in [9.17, 15) is 8.42 Å². The first-order valence-electron chi connectivity index (χ1n) is 7.54. The maximum Gasteiger partial charge on any atom is 0.243 e. The lowest BCUT2D eigenvalue weighted by molar-refractivity contribution is 0.264. The summed E-state index contributed by atoms with van der Waals surface area (Å²) < 4.78 is 26.8. The van der Waals surface area contributed by atoms with E-state index in [1.807, 2.05) is 30.9 Å². The van der Waals surface area contributed by atoms with Crippen LogP contribution in [0.4, 0.5) is 0 Å². The molecule has 5 nitrogen and oxygen atoms in total. The van der Waals surface area contributed by atoms with Gasteiger partial charge in [-0.3, -0.25) is 0 Å². The molecule has 0 aliphatic carbocycles. The van der Waals surface area contributed by atoms with E-state index in [2.05, 4.69) is 11.9 Å². The Balaban J connectivity index is 1.97. The number of aryl methyl sites for hydroxylation is 1. The molecule has 1 N–H and O–H groups in total. The van der Waals surface area contributed by atoms with Gasteiger partial charge in [0.15, 0.2) is 5.11 Å². The number of thiocarbonyl (C=S) groups is 1. The van der Waals surface area contributed by atoms with Crippen molar-refractivity contribution in [2.24, 2.45) is 0 Å². The molecule has 0 aromatic heterocycles. The van der Waals surface area contributed by atoms with Gasteiger partial charge in [0.2, 0.25) is 10.0 Å². The molecule has 1 aliphatic heterocycles. The molecule has 0 saturated carbocycles. The van der Waals surface area contributed by atoms with Crippen LogP contribution < -0.4 is 5.32 Å². The molecular weight excluding hydrogens is 330 g/mol. The lowest BCUT2D eigenvalue weighted by atomic mass is 10.2. The molecule has 0 radical (unpaired) electrons. The quantitative estimate of drug-likeness (QED) is 0.660. The number of nitrogens with one attached hydrogen (secondary N) is 1. The Morgan fingerprint density at radius 3 is 2.30 bits per heavy atom. The predicted molar refractivity (Wildman–Crippen MR) is 96.9 cm³/mol. The Labute approximate surface area is 144 Å². The van der Waals surface area contributed by atoms with Crippen molar-refractivity contribution in [1.82, 2.24) is 14.5 Å². The van der Waals surface area contributed by atoms with Crippen LogP contribution in [0.1, 0.15) is 12.5 Å². The van der Waals surface area contributed by atoms with Crippen LogP contribution in [0.2, 0.25) is 0 Å². The van der Waals surface area contributed by atoms with Crippen LogP contribution >= 0.6 is 12.2 Å². The summed E-state index contributed by atoms with van der Waals surface area (Å²) in [4.78, 5) is 2.35. The Bertz CT molecular complexity index is 676. The lowest BCUT2D eigenvalue weighted by Crippen LogP contribution is -2.53. The number of piperazine rings is 1. The molecule has 0 atom stereocenters. The van der Waals surface area contributed by atoms with E-state index in [0.717, 1.165) is 11.1 Å². The summed E-state index contributed by atoms with van der Waals surface area (Å²) in [6.45, 7) is 10.4. The fourth-order valence-electron chi connectivity index (χ4n) is 2.33.